The SMILES string of the molecule is NC(=NCCn1cc([N+](=O)[O-])cn1)Nc1ccccc1. The van der Waals surface area contributed by atoms with E-state index in [2.05, 4.69) is 15.4 Å². The number of guanidine groups is 1. The summed E-state index contributed by atoms with van der Waals surface area (Å²) in [6, 6.07) is 9.43. The highest BCUT2D eigenvalue weighted by Crippen LogP contribution is 2.07. The molecule has 1 aromatic carbocycles. The van der Waals surface area contributed by atoms with Crippen LogP contribution in [-0.2, 0) is 6.54 Å². The molecule has 104 valence electrons. The van der Waals surface area contributed by atoms with E-state index in [1.165, 1.54) is 17.1 Å². The summed E-state index contributed by atoms with van der Waals surface area (Å²) in [6.07, 6.45) is 2.56. The number of aliphatic imine (C=N–C) groups is 1. The van der Waals surface area contributed by atoms with E-state index in [1.54, 1.807) is 0 Å². The number of nitrogens with one attached hydrogen (secondary N) is 1. The summed E-state index contributed by atoms with van der Waals surface area (Å²) in [6.45, 7) is 0.801. The number of para-hydroxylation sites is 1. The molecule has 0 fully saturated rings. The molecule has 1 aromatic heterocycles. The molecule has 1 heterocycles. The van der Waals surface area contributed by atoms with E-state index in [9.17, 15) is 10.1 Å². The average molecular weight is 274 g/mol. The zero-order valence-electron chi connectivity index (χ0n) is 10.6. The first-order valence-corrected chi connectivity index (χ1v) is 5.94. The lowest BCUT2D eigenvalue weighted by molar-refractivity contribution is -0.385. The Labute approximate surface area is 115 Å². The first-order valence-electron chi connectivity index (χ1n) is 5.94. The van der Waals surface area contributed by atoms with Crippen molar-refractivity contribution in [3.8, 4) is 0 Å². The summed E-state index contributed by atoms with van der Waals surface area (Å²) in [5.41, 5.74) is 6.54. The number of benzene rings is 1. The molecule has 3 N–H and O–H groups in total. The fraction of sp³-hybridized carbons (Fsp3) is 0.167. The van der Waals surface area contributed by atoms with Gasteiger partial charge < -0.3 is 11.1 Å². The summed E-state index contributed by atoms with van der Waals surface area (Å²) < 4.78 is 1.46. The second-order valence-electron chi connectivity index (χ2n) is 3.98. The maximum atomic E-state index is 10.5. The van der Waals surface area contributed by atoms with Gasteiger partial charge in [0.15, 0.2) is 5.96 Å². The van der Waals surface area contributed by atoms with Gasteiger partial charge in [0, 0.05) is 5.69 Å². The minimum absolute atomic E-state index is 0.0376. The Balaban J connectivity index is 1.84. The molecule has 0 saturated carbocycles. The maximum absolute atomic E-state index is 10.5. The molecule has 0 spiro atoms. The van der Waals surface area contributed by atoms with Crippen molar-refractivity contribution in [2.24, 2.45) is 10.7 Å². The number of nitrogens with two attached hydrogens (primary N) is 1. The molecule has 0 radical (unpaired) electrons. The van der Waals surface area contributed by atoms with Crippen molar-refractivity contribution in [1.82, 2.24) is 9.78 Å². The lowest BCUT2D eigenvalue weighted by Gasteiger charge is -2.04. The number of nitrogens with zero attached hydrogens (tertiary/aromatic N) is 4. The van der Waals surface area contributed by atoms with E-state index in [0.717, 1.165) is 5.69 Å². The lowest BCUT2D eigenvalue weighted by atomic mass is 10.3. The van der Waals surface area contributed by atoms with E-state index in [-0.39, 0.29) is 11.6 Å². The number of hydrogen-bond acceptors (Lipinski definition) is 4. The molecule has 8 nitrogen and oxygen atoms in total. The molecule has 0 aliphatic carbocycles. The van der Waals surface area contributed by atoms with Gasteiger partial charge >= 0.3 is 5.69 Å². The van der Waals surface area contributed by atoms with Crippen LogP contribution in [0.3, 0.4) is 0 Å². The third-order valence-corrected chi connectivity index (χ3v) is 2.49. The molecule has 0 amide bonds. The highest BCUT2D eigenvalue weighted by Gasteiger charge is 2.07. The van der Waals surface area contributed by atoms with Gasteiger partial charge in [-0.15, -0.1) is 0 Å². The van der Waals surface area contributed by atoms with Crippen LogP contribution in [0.5, 0.6) is 0 Å². The first-order chi connectivity index (χ1) is 9.65. The number of hydrogen-bond donors (Lipinski definition) is 2. The average Bonchev–Trinajstić information content (AvgIpc) is 2.89. The number of rotatable bonds is 5. The van der Waals surface area contributed by atoms with Gasteiger partial charge in [0.1, 0.15) is 12.4 Å². The Hall–Kier alpha value is -2.90. The second-order valence-corrected chi connectivity index (χ2v) is 3.98. The summed E-state index contributed by atoms with van der Waals surface area (Å²) in [5.74, 6) is 0.290. The van der Waals surface area contributed by atoms with Gasteiger partial charge in [0.25, 0.3) is 0 Å². The third-order valence-electron chi connectivity index (χ3n) is 2.49. The van der Waals surface area contributed by atoms with E-state index < -0.39 is 4.92 Å². The second kappa shape index (κ2) is 6.32. The molecule has 0 aliphatic heterocycles. The van der Waals surface area contributed by atoms with Gasteiger partial charge in [-0.2, -0.15) is 5.10 Å². The minimum Gasteiger partial charge on any atom is -0.370 e. The predicted octanol–water partition coefficient (Wildman–Crippen LogP) is 1.22. The van der Waals surface area contributed by atoms with Crippen LogP contribution in [0.2, 0.25) is 0 Å². The van der Waals surface area contributed by atoms with Crippen molar-refractivity contribution in [3.05, 3.63) is 52.8 Å². The van der Waals surface area contributed by atoms with Crippen LogP contribution in [0.25, 0.3) is 0 Å². The maximum Gasteiger partial charge on any atom is 0.306 e. The minimum atomic E-state index is -0.488. The molecule has 0 atom stereocenters. The zero-order chi connectivity index (χ0) is 14.4. The summed E-state index contributed by atoms with van der Waals surface area (Å²) in [5, 5.41) is 17.3. The van der Waals surface area contributed by atoms with Crippen molar-refractivity contribution < 1.29 is 4.92 Å². The molecular formula is C12H14N6O2. The first kappa shape index (κ1) is 13.5. The predicted molar refractivity (Wildman–Crippen MR) is 75.4 cm³/mol. The summed E-state index contributed by atoms with van der Waals surface area (Å²) in [7, 11) is 0. The Morgan fingerprint density at radius 3 is 2.85 bits per heavy atom. The van der Waals surface area contributed by atoms with E-state index >= 15 is 0 Å². The molecule has 0 bridgehead atoms. The van der Waals surface area contributed by atoms with Gasteiger partial charge in [-0.3, -0.25) is 19.8 Å². The molecule has 2 rings (SSSR count). The van der Waals surface area contributed by atoms with Gasteiger partial charge in [0.2, 0.25) is 0 Å². The van der Waals surface area contributed by atoms with Crippen LogP contribution in [0.4, 0.5) is 11.4 Å². The molecule has 0 unspecified atom stereocenters. The van der Waals surface area contributed by atoms with Gasteiger partial charge in [-0.25, -0.2) is 0 Å². The van der Waals surface area contributed by atoms with E-state index in [0.29, 0.717) is 13.1 Å². The van der Waals surface area contributed by atoms with Crippen LogP contribution in [0, 0.1) is 10.1 Å². The lowest BCUT2D eigenvalue weighted by Crippen LogP contribution is -2.23. The molecule has 2 aromatic rings. The Bertz CT molecular complexity index is 607. The largest absolute Gasteiger partial charge is 0.370 e. The highest BCUT2D eigenvalue weighted by atomic mass is 16.6. The normalized spacial score (nSPS) is 11.3. The smallest absolute Gasteiger partial charge is 0.306 e. The van der Waals surface area contributed by atoms with Crippen molar-refractivity contribution >= 4 is 17.3 Å². The number of anilines is 1. The van der Waals surface area contributed by atoms with Crippen LogP contribution in [0.1, 0.15) is 0 Å². The highest BCUT2D eigenvalue weighted by molar-refractivity contribution is 5.92. The van der Waals surface area contributed by atoms with Gasteiger partial charge in [-0.1, -0.05) is 18.2 Å². The van der Waals surface area contributed by atoms with Crippen molar-refractivity contribution in [2.45, 2.75) is 6.54 Å². The standard InChI is InChI=1S/C12H14N6O2/c13-12(16-10-4-2-1-3-5-10)14-6-7-17-9-11(8-15-17)18(19)20/h1-5,8-9H,6-7H2,(H3,13,14,16). The van der Waals surface area contributed by atoms with Crippen molar-refractivity contribution in [3.63, 3.8) is 0 Å². The summed E-state index contributed by atoms with van der Waals surface area (Å²) in [4.78, 5) is 14.1. The monoisotopic (exact) mass is 274 g/mol. The Morgan fingerprint density at radius 1 is 1.45 bits per heavy atom. The Kier molecular flexibility index (Phi) is 4.28. The van der Waals surface area contributed by atoms with Crippen LogP contribution >= 0.6 is 0 Å². The van der Waals surface area contributed by atoms with Crippen LogP contribution < -0.4 is 11.1 Å². The number of aromatic nitrogens is 2. The quantitative estimate of drug-likeness (QED) is 0.368. The third kappa shape index (κ3) is 3.80. The fourth-order valence-electron chi connectivity index (χ4n) is 1.55. The Morgan fingerprint density at radius 2 is 2.20 bits per heavy atom. The summed E-state index contributed by atoms with van der Waals surface area (Å²) >= 11 is 0. The molecule has 0 aliphatic rings. The van der Waals surface area contributed by atoms with Crippen molar-refractivity contribution in [2.75, 3.05) is 11.9 Å². The molecule has 8 heteroatoms. The molecular weight excluding hydrogens is 260 g/mol. The number of nitro groups is 1. The van der Waals surface area contributed by atoms with Crippen LogP contribution in [-0.4, -0.2) is 27.2 Å². The molecule has 20 heavy (non-hydrogen) atoms. The van der Waals surface area contributed by atoms with Crippen LogP contribution in [0.15, 0.2) is 47.7 Å². The van der Waals surface area contributed by atoms with E-state index in [4.69, 9.17) is 5.73 Å². The zero-order valence-corrected chi connectivity index (χ0v) is 10.6. The molecule has 0 saturated heterocycles. The van der Waals surface area contributed by atoms with E-state index in [1.807, 2.05) is 30.3 Å². The fourth-order valence-corrected chi connectivity index (χ4v) is 1.55. The van der Waals surface area contributed by atoms with Gasteiger partial charge in [-0.05, 0) is 12.1 Å². The van der Waals surface area contributed by atoms with Gasteiger partial charge in [0.05, 0.1) is 18.0 Å². The topological polar surface area (TPSA) is 111 Å². The van der Waals surface area contributed by atoms with Crippen molar-refractivity contribution in [1.29, 1.82) is 0 Å².